The topological polar surface area (TPSA) is 88.6 Å². The fourth-order valence-electron chi connectivity index (χ4n) is 15.0. The molecule has 13 aromatic carbocycles. The van der Waals surface area contributed by atoms with Crippen LogP contribution in [0, 0.1) is 0 Å². The Morgan fingerprint density at radius 1 is 0.250 bits per heavy atom. The molecule has 0 unspecified atom stereocenters. The van der Waals surface area contributed by atoms with Gasteiger partial charge in [-0.1, -0.05) is 133 Å². The van der Waals surface area contributed by atoms with Gasteiger partial charge in [-0.15, -0.1) is 0 Å². The van der Waals surface area contributed by atoms with E-state index in [1.165, 1.54) is 0 Å². The van der Waals surface area contributed by atoms with Gasteiger partial charge < -0.3 is 41.2 Å². The van der Waals surface area contributed by atoms with E-state index in [2.05, 4.69) is 221 Å². The summed E-state index contributed by atoms with van der Waals surface area (Å²) in [5, 5.41) is 12.4. The van der Waals surface area contributed by atoms with Crippen LogP contribution < -0.4 is 31.1 Å². The van der Waals surface area contributed by atoms with Crippen LogP contribution in [0.2, 0.25) is 0 Å². The average molecular weight is 1130 g/mol. The molecule has 0 saturated heterocycles. The first-order chi connectivity index (χ1) is 43.6. The number of anilines is 9. The highest BCUT2D eigenvalue weighted by Crippen LogP contribution is 2.53. The van der Waals surface area contributed by atoms with Gasteiger partial charge in [-0.3, -0.25) is 0 Å². The van der Waals surface area contributed by atoms with Gasteiger partial charge in [0.15, 0.2) is 11.2 Å². The SMILES string of the molecule is c1ccc2c(c1)oc1ccc(N3c4cc5c(cc4B4c6cc7oc8ccccc8c7cc6N(c6ccc7oc8ccccc8c7c6)c6cc(N(c7cccc8c7oc7ccccc78)c7cccc8c7oc7ccccc78)cc3c64)oc3ccccc35)cc12. The molecular weight excluding hydrogens is 1090 g/mol. The summed E-state index contributed by atoms with van der Waals surface area (Å²) in [5.41, 5.74) is 21.5. The molecule has 6 aromatic heterocycles. The fraction of sp³-hybridized carbons (Fsp3) is 0. The molecule has 88 heavy (non-hydrogen) atoms. The van der Waals surface area contributed by atoms with Crippen LogP contribution in [0.5, 0.6) is 0 Å². The Hall–Kier alpha value is -11.9. The van der Waals surface area contributed by atoms with E-state index in [1.807, 2.05) is 48.5 Å². The van der Waals surface area contributed by atoms with E-state index in [1.54, 1.807) is 0 Å². The molecular formula is C78H42BN3O6. The lowest BCUT2D eigenvalue weighted by Crippen LogP contribution is -2.61. The predicted octanol–water partition coefficient (Wildman–Crippen LogP) is 20.6. The summed E-state index contributed by atoms with van der Waals surface area (Å²) in [5.74, 6) is 0. The summed E-state index contributed by atoms with van der Waals surface area (Å²) in [7, 11) is 0. The number of hydrogen-bond acceptors (Lipinski definition) is 9. The molecule has 0 spiro atoms. The maximum atomic E-state index is 7.09. The van der Waals surface area contributed by atoms with Crippen molar-refractivity contribution in [2.75, 3.05) is 14.7 Å². The van der Waals surface area contributed by atoms with Gasteiger partial charge in [0.25, 0.3) is 6.71 Å². The molecule has 2 aliphatic rings. The van der Waals surface area contributed by atoms with Crippen molar-refractivity contribution in [3.63, 3.8) is 0 Å². The second-order valence-corrected chi connectivity index (χ2v) is 23.4. The zero-order valence-electron chi connectivity index (χ0n) is 46.6. The highest BCUT2D eigenvalue weighted by molar-refractivity contribution is 7.00. The van der Waals surface area contributed by atoms with Crippen LogP contribution in [0.15, 0.2) is 281 Å². The molecule has 0 saturated carbocycles. The Labute approximate surface area is 499 Å². The fourth-order valence-corrected chi connectivity index (χ4v) is 15.0. The Bertz CT molecular complexity index is 5900. The highest BCUT2D eigenvalue weighted by atomic mass is 16.3. The first-order valence-electron chi connectivity index (χ1n) is 29.7. The molecule has 0 amide bonds. The Balaban J connectivity index is 0.947. The Morgan fingerprint density at radius 2 is 0.580 bits per heavy atom. The van der Waals surface area contributed by atoms with E-state index in [0.717, 1.165) is 199 Å². The first kappa shape index (κ1) is 46.5. The molecule has 0 atom stereocenters. The van der Waals surface area contributed by atoms with E-state index in [-0.39, 0.29) is 6.71 Å². The minimum atomic E-state index is -0.338. The third kappa shape index (κ3) is 6.24. The van der Waals surface area contributed by atoms with Crippen LogP contribution in [0.3, 0.4) is 0 Å². The summed E-state index contributed by atoms with van der Waals surface area (Å²) in [6, 6.07) is 90.3. The van der Waals surface area contributed by atoms with Gasteiger partial charge in [0.05, 0.1) is 17.1 Å². The zero-order valence-corrected chi connectivity index (χ0v) is 46.6. The summed E-state index contributed by atoms with van der Waals surface area (Å²) in [6.45, 7) is -0.338. The smallest absolute Gasteiger partial charge is 0.252 e. The second-order valence-electron chi connectivity index (χ2n) is 23.4. The Kier molecular flexibility index (Phi) is 8.95. The van der Waals surface area contributed by atoms with E-state index >= 15 is 0 Å². The van der Waals surface area contributed by atoms with Crippen molar-refractivity contribution in [2.24, 2.45) is 0 Å². The number of rotatable bonds is 5. The van der Waals surface area contributed by atoms with Crippen LogP contribution >= 0.6 is 0 Å². The van der Waals surface area contributed by atoms with Crippen LogP contribution in [-0.2, 0) is 0 Å². The van der Waals surface area contributed by atoms with Gasteiger partial charge in [-0.25, -0.2) is 0 Å². The quantitative estimate of drug-likeness (QED) is 0.156. The standard InChI is InChI=1S/C78H42BN3O6/c1-11-29-70-46(15-1)52-21-13-23-60(77(52)87-70)82(61-24-14-22-53-47-16-2-12-30-71(47)88-78(53)61)45-37-64-76-65(38-45)81(44-32-34-73-55(36-44)49-18-4-8-26-67(49)84-73)63-40-57-51-20-6-10-28-69(51)86-75(57)42-59(63)79(76)58-41-74-56(50-19-5-9-27-68(50)85-74)39-62(58)80(64)43-31-33-72-54(35-43)48-17-3-7-25-66(48)83-72/h1-42H. The minimum absolute atomic E-state index is 0.338. The van der Waals surface area contributed by atoms with E-state index in [0.29, 0.717) is 0 Å². The van der Waals surface area contributed by atoms with Gasteiger partial charge in [0.2, 0.25) is 0 Å². The van der Waals surface area contributed by atoms with Gasteiger partial charge in [0, 0.05) is 98.8 Å². The summed E-state index contributed by atoms with van der Waals surface area (Å²) >= 11 is 0. The molecule has 0 aliphatic carbocycles. The van der Waals surface area contributed by atoms with Crippen molar-refractivity contribution >= 4 is 206 Å². The van der Waals surface area contributed by atoms with Crippen LogP contribution in [0.25, 0.3) is 132 Å². The molecule has 8 heterocycles. The van der Waals surface area contributed by atoms with Crippen LogP contribution in [-0.4, -0.2) is 6.71 Å². The average Bonchev–Trinajstić information content (AvgIpc) is 0.933. The van der Waals surface area contributed by atoms with E-state index in [4.69, 9.17) is 26.5 Å². The Morgan fingerprint density at radius 3 is 0.989 bits per heavy atom. The van der Waals surface area contributed by atoms with Crippen molar-refractivity contribution in [3.05, 3.63) is 255 Å². The second kappa shape index (κ2) is 16.9. The van der Waals surface area contributed by atoms with Crippen molar-refractivity contribution in [2.45, 2.75) is 0 Å². The minimum Gasteiger partial charge on any atom is -0.456 e. The van der Waals surface area contributed by atoms with E-state index in [9.17, 15) is 0 Å². The molecule has 0 fully saturated rings. The van der Waals surface area contributed by atoms with Crippen molar-refractivity contribution in [1.29, 1.82) is 0 Å². The third-order valence-electron chi connectivity index (χ3n) is 18.8. The van der Waals surface area contributed by atoms with Gasteiger partial charge >= 0.3 is 0 Å². The lowest BCUT2D eigenvalue weighted by Gasteiger charge is -2.45. The molecule has 408 valence electrons. The predicted molar refractivity (Wildman–Crippen MR) is 359 cm³/mol. The lowest BCUT2D eigenvalue weighted by molar-refractivity contribution is 0.666. The highest BCUT2D eigenvalue weighted by Gasteiger charge is 2.46. The maximum absolute atomic E-state index is 7.09. The molecule has 10 heteroatoms. The molecule has 9 nitrogen and oxygen atoms in total. The third-order valence-corrected chi connectivity index (χ3v) is 18.8. The molecule has 0 bridgehead atoms. The number of benzene rings is 13. The summed E-state index contributed by atoms with van der Waals surface area (Å²) in [6.07, 6.45) is 0. The first-order valence-corrected chi connectivity index (χ1v) is 29.7. The van der Waals surface area contributed by atoms with Crippen LogP contribution in [0.1, 0.15) is 0 Å². The lowest BCUT2D eigenvalue weighted by atomic mass is 9.33. The maximum Gasteiger partial charge on any atom is 0.252 e. The molecule has 21 rings (SSSR count). The molecule has 2 aliphatic heterocycles. The van der Waals surface area contributed by atoms with Crippen molar-refractivity contribution in [3.8, 4) is 0 Å². The summed E-state index contributed by atoms with van der Waals surface area (Å²) < 4.78 is 41.2. The van der Waals surface area contributed by atoms with E-state index < -0.39 is 0 Å². The number of furan rings is 6. The van der Waals surface area contributed by atoms with Gasteiger partial charge in [-0.05, 0) is 138 Å². The van der Waals surface area contributed by atoms with Crippen molar-refractivity contribution in [1.82, 2.24) is 0 Å². The van der Waals surface area contributed by atoms with Crippen LogP contribution in [0.4, 0.5) is 51.2 Å². The molecule has 0 radical (unpaired) electrons. The molecule has 19 aromatic rings. The normalized spacial score (nSPS) is 13.2. The molecule has 0 N–H and O–H groups in total. The van der Waals surface area contributed by atoms with Gasteiger partial charge in [-0.2, -0.15) is 0 Å². The largest absolute Gasteiger partial charge is 0.456 e. The summed E-state index contributed by atoms with van der Waals surface area (Å²) in [4.78, 5) is 7.32. The number of nitrogens with zero attached hydrogens (tertiary/aromatic N) is 3. The number of hydrogen-bond donors (Lipinski definition) is 0. The zero-order chi connectivity index (χ0) is 57.0. The number of para-hydroxylation sites is 8. The monoisotopic (exact) mass is 1130 g/mol. The number of fused-ring (bicyclic) bond motifs is 22. The van der Waals surface area contributed by atoms with Gasteiger partial charge in [0.1, 0.15) is 55.8 Å². The van der Waals surface area contributed by atoms with Crippen molar-refractivity contribution < 1.29 is 26.5 Å².